The second kappa shape index (κ2) is 7.35. The molecule has 1 N–H and O–H groups in total. The van der Waals surface area contributed by atoms with Crippen LogP contribution in [0.15, 0.2) is 24.5 Å². The maximum Gasteiger partial charge on any atom is 0.243 e. The van der Waals surface area contributed by atoms with Gasteiger partial charge in [0.15, 0.2) is 9.84 Å². The lowest BCUT2D eigenvalue weighted by Gasteiger charge is -2.19. The van der Waals surface area contributed by atoms with Gasteiger partial charge in [-0.05, 0) is 42.9 Å². The van der Waals surface area contributed by atoms with E-state index < -0.39 is 9.84 Å². The quantitative estimate of drug-likeness (QED) is 0.819. The largest absolute Gasteiger partial charge is 0.354 e. The van der Waals surface area contributed by atoms with E-state index in [9.17, 15) is 13.2 Å². The van der Waals surface area contributed by atoms with Crippen LogP contribution in [-0.2, 0) is 14.6 Å². The smallest absolute Gasteiger partial charge is 0.243 e. The summed E-state index contributed by atoms with van der Waals surface area (Å²) in [5.74, 6) is 1.40. The summed E-state index contributed by atoms with van der Waals surface area (Å²) in [4.78, 5) is 12.4. The van der Waals surface area contributed by atoms with Gasteiger partial charge in [0.1, 0.15) is 6.04 Å². The Hall–Kier alpha value is -0.950. The van der Waals surface area contributed by atoms with Crippen molar-refractivity contribution in [3.05, 3.63) is 24.5 Å². The fourth-order valence-corrected chi connectivity index (χ4v) is 4.92. The van der Waals surface area contributed by atoms with Crippen LogP contribution in [0, 0.1) is 5.92 Å². The van der Waals surface area contributed by atoms with Crippen LogP contribution >= 0.6 is 11.8 Å². The number of carbonyl (C=O) groups is 1. The van der Waals surface area contributed by atoms with Gasteiger partial charge in [-0.15, -0.1) is 0 Å². The Bertz CT molecular complexity index is 555. The van der Waals surface area contributed by atoms with E-state index in [0.29, 0.717) is 13.0 Å². The van der Waals surface area contributed by atoms with E-state index in [0.717, 1.165) is 12.2 Å². The van der Waals surface area contributed by atoms with Gasteiger partial charge in [0.25, 0.3) is 0 Å². The molecule has 1 aromatic rings. The lowest BCUT2D eigenvalue weighted by Crippen LogP contribution is -2.36. The minimum atomic E-state index is -2.88. The lowest BCUT2D eigenvalue weighted by atomic mass is 10.1. The number of hydrogen-bond donors (Lipinski definition) is 1. The standard InChI is InChI=1S/C14H22N2O3S2/c1-20-8-4-13(16-6-2-3-7-16)14(17)15-10-12-5-9-21(18,19)11-12/h2-3,6-7,12-13H,4-5,8-11H2,1H3,(H,15,17)/t12-,13+/m1/s1. The van der Waals surface area contributed by atoms with Gasteiger partial charge in [-0.3, -0.25) is 4.79 Å². The van der Waals surface area contributed by atoms with Gasteiger partial charge in [0.2, 0.25) is 5.91 Å². The average Bonchev–Trinajstić information content (AvgIpc) is 3.06. The Labute approximate surface area is 130 Å². The SMILES string of the molecule is CSCC[C@@H](C(=O)NC[C@H]1CCS(=O)(=O)C1)n1cccc1. The van der Waals surface area contributed by atoms with Crippen molar-refractivity contribution in [2.75, 3.05) is 30.1 Å². The molecule has 0 radical (unpaired) electrons. The van der Waals surface area contributed by atoms with E-state index in [1.54, 1.807) is 11.8 Å². The molecule has 21 heavy (non-hydrogen) atoms. The molecule has 2 rings (SSSR count). The zero-order chi connectivity index (χ0) is 15.3. The minimum absolute atomic E-state index is 0.0236. The zero-order valence-electron chi connectivity index (χ0n) is 12.2. The molecule has 0 spiro atoms. The van der Waals surface area contributed by atoms with Gasteiger partial charge < -0.3 is 9.88 Å². The molecular formula is C14H22N2O3S2. The van der Waals surface area contributed by atoms with Crippen molar-refractivity contribution in [1.82, 2.24) is 9.88 Å². The fraction of sp³-hybridized carbons (Fsp3) is 0.643. The van der Waals surface area contributed by atoms with Crippen LogP contribution in [-0.4, -0.2) is 49.0 Å². The second-order valence-electron chi connectivity index (χ2n) is 5.44. The molecule has 1 aliphatic heterocycles. The number of thioether (sulfide) groups is 1. The molecule has 1 fully saturated rings. The Morgan fingerprint density at radius 1 is 1.43 bits per heavy atom. The van der Waals surface area contributed by atoms with Crippen molar-refractivity contribution in [3.8, 4) is 0 Å². The highest BCUT2D eigenvalue weighted by Crippen LogP contribution is 2.19. The number of carbonyl (C=O) groups excluding carboxylic acids is 1. The molecule has 0 aliphatic carbocycles. The Morgan fingerprint density at radius 3 is 2.71 bits per heavy atom. The normalized spacial score (nSPS) is 22.0. The first-order valence-electron chi connectivity index (χ1n) is 7.11. The number of sulfone groups is 1. The highest BCUT2D eigenvalue weighted by Gasteiger charge is 2.29. The minimum Gasteiger partial charge on any atom is -0.354 e. The predicted molar refractivity (Wildman–Crippen MR) is 86.2 cm³/mol. The van der Waals surface area contributed by atoms with Crippen LogP contribution in [0.1, 0.15) is 18.9 Å². The third kappa shape index (κ3) is 4.78. The molecule has 0 unspecified atom stereocenters. The molecule has 2 atom stereocenters. The molecule has 1 aromatic heterocycles. The summed E-state index contributed by atoms with van der Waals surface area (Å²) in [6, 6.07) is 3.59. The third-order valence-corrected chi connectivity index (χ3v) is 6.26. The molecular weight excluding hydrogens is 308 g/mol. The topological polar surface area (TPSA) is 68.2 Å². The molecule has 7 heteroatoms. The number of aromatic nitrogens is 1. The Kier molecular flexibility index (Phi) is 5.75. The summed E-state index contributed by atoms with van der Waals surface area (Å²) in [6.45, 7) is 0.453. The van der Waals surface area contributed by atoms with Crippen molar-refractivity contribution in [1.29, 1.82) is 0 Å². The molecule has 0 bridgehead atoms. The Balaban J connectivity index is 1.90. The van der Waals surface area contributed by atoms with Gasteiger partial charge in [0.05, 0.1) is 11.5 Å². The molecule has 1 amide bonds. The fourth-order valence-electron chi connectivity index (χ4n) is 2.60. The van der Waals surface area contributed by atoms with Gasteiger partial charge in [-0.25, -0.2) is 8.42 Å². The van der Waals surface area contributed by atoms with E-state index in [4.69, 9.17) is 0 Å². The summed E-state index contributed by atoms with van der Waals surface area (Å²) in [5, 5.41) is 2.93. The van der Waals surface area contributed by atoms with Crippen LogP contribution in [0.2, 0.25) is 0 Å². The van der Waals surface area contributed by atoms with Crippen molar-refractivity contribution < 1.29 is 13.2 Å². The molecule has 5 nitrogen and oxygen atoms in total. The first-order chi connectivity index (χ1) is 10.0. The van der Waals surface area contributed by atoms with Crippen molar-refractivity contribution in [2.45, 2.75) is 18.9 Å². The summed E-state index contributed by atoms with van der Waals surface area (Å²) < 4.78 is 24.8. The van der Waals surface area contributed by atoms with E-state index in [1.165, 1.54) is 0 Å². The van der Waals surface area contributed by atoms with Crippen LogP contribution in [0.4, 0.5) is 0 Å². The summed E-state index contributed by atoms with van der Waals surface area (Å²) in [7, 11) is -2.88. The average molecular weight is 330 g/mol. The summed E-state index contributed by atoms with van der Waals surface area (Å²) in [5.41, 5.74) is 0. The van der Waals surface area contributed by atoms with E-state index >= 15 is 0 Å². The molecule has 2 heterocycles. The highest BCUT2D eigenvalue weighted by atomic mass is 32.2. The first-order valence-corrected chi connectivity index (χ1v) is 10.3. The maximum absolute atomic E-state index is 12.4. The number of amides is 1. The maximum atomic E-state index is 12.4. The molecule has 1 aliphatic rings. The van der Waals surface area contributed by atoms with Gasteiger partial charge >= 0.3 is 0 Å². The molecule has 1 saturated heterocycles. The Morgan fingerprint density at radius 2 is 2.14 bits per heavy atom. The van der Waals surface area contributed by atoms with Crippen molar-refractivity contribution in [2.24, 2.45) is 5.92 Å². The van der Waals surface area contributed by atoms with Crippen LogP contribution < -0.4 is 5.32 Å². The first kappa shape index (κ1) is 16.4. The molecule has 0 saturated carbocycles. The highest BCUT2D eigenvalue weighted by molar-refractivity contribution is 7.98. The predicted octanol–water partition coefficient (Wildman–Crippen LogP) is 1.33. The summed E-state index contributed by atoms with van der Waals surface area (Å²) >= 11 is 1.72. The van der Waals surface area contributed by atoms with Crippen molar-refractivity contribution >= 4 is 27.5 Å². The van der Waals surface area contributed by atoms with Gasteiger partial charge in [-0.1, -0.05) is 0 Å². The second-order valence-corrected chi connectivity index (χ2v) is 8.66. The molecule has 0 aromatic carbocycles. The third-order valence-electron chi connectivity index (χ3n) is 3.78. The zero-order valence-corrected chi connectivity index (χ0v) is 13.8. The van der Waals surface area contributed by atoms with Crippen LogP contribution in [0.25, 0.3) is 0 Å². The summed E-state index contributed by atoms with van der Waals surface area (Å²) in [6.07, 6.45) is 7.23. The van der Waals surface area contributed by atoms with Gasteiger partial charge in [0, 0.05) is 18.9 Å². The van der Waals surface area contributed by atoms with E-state index in [2.05, 4.69) is 5.32 Å². The number of nitrogens with one attached hydrogen (secondary N) is 1. The number of nitrogens with zero attached hydrogens (tertiary/aromatic N) is 1. The van der Waals surface area contributed by atoms with E-state index in [1.807, 2.05) is 35.3 Å². The van der Waals surface area contributed by atoms with E-state index in [-0.39, 0.29) is 29.4 Å². The molecule has 118 valence electrons. The van der Waals surface area contributed by atoms with Crippen LogP contribution in [0.3, 0.4) is 0 Å². The van der Waals surface area contributed by atoms with Crippen LogP contribution in [0.5, 0.6) is 0 Å². The number of hydrogen-bond acceptors (Lipinski definition) is 4. The lowest BCUT2D eigenvalue weighted by molar-refractivity contribution is -0.124. The monoisotopic (exact) mass is 330 g/mol. The number of rotatable bonds is 7. The van der Waals surface area contributed by atoms with Crippen molar-refractivity contribution in [3.63, 3.8) is 0 Å². The van der Waals surface area contributed by atoms with Gasteiger partial charge in [-0.2, -0.15) is 11.8 Å².